The Hall–Kier alpha value is -1.88. The van der Waals surface area contributed by atoms with Crippen LogP contribution < -0.4 is 10.6 Å². The summed E-state index contributed by atoms with van der Waals surface area (Å²) in [7, 11) is 0. The van der Waals surface area contributed by atoms with Crippen LogP contribution in [-0.2, 0) is 0 Å². The van der Waals surface area contributed by atoms with Crippen molar-refractivity contribution in [3.8, 4) is 0 Å². The van der Waals surface area contributed by atoms with Crippen molar-refractivity contribution in [1.29, 1.82) is 0 Å². The molecule has 0 bridgehead atoms. The van der Waals surface area contributed by atoms with Gasteiger partial charge in [-0.2, -0.15) is 5.10 Å². The molecule has 1 saturated heterocycles. The molecule has 3 N–H and O–H groups in total. The fraction of sp³-hybridized carbons (Fsp3) is 0.500. The Morgan fingerprint density at radius 2 is 2.29 bits per heavy atom. The van der Waals surface area contributed by atoms with Crippen LogP contribution in [0, 0.1) is 0 Å². The lowest BCUT2D eigenvalue weighted by Gasteiger charge is -2.48. The fourth-order valence-corrected chi connectivity index (χ4v) is 3.61. The lowest BCUT2D eigenvalue weighted by Crippen LogP contribution is -2.59. The van der Waals surface area contributed by atoms with Crippen LogP contribution in [0.4, 0.5) is 0 Å². The zero-order valence-electron chi connectivity index (χ0n) is 12.0. The van der Waals surface area contributed by atoms with Gasteiger partial charge in [0, 0.05) is 22.5 Å². The molecule has 1 aromatic heterocycles. The molecule has 0 radical (unpaired) electrons. The highest BCUT2D eigenvalue weighted by molar-refractivity contribution is 5.97. The number of H-pyrrole nitrogens is 1. The third-order valence-corrected chi connectivity index (χ3v) is 4.98. The number of piperidine rings is 1. The van der Waals surface area contributed by atoms with E-state index in [-0.39, 0.29) is 11.9 Å². The zero-order chi connectivity index (χ0) is 14.3. The first-order valence-electron chi connectivity index (χ1n) is 7.73. The van der Waals surface area contributed by atoms with Gasteiger partial charge in [0.25, 0.3) is 5.91 Å². The minimum atomic E-state index is 0.0212. The summed E-state index contributed by atoms with van der Waals surface area (Å²) in [4.78, 5) is 12.4. The Bertz CT molecular complexity index is 674. The molecule has 4 rings (SSSR count). The molecule has 21 heavy (non-hydrogen) atoms. The molecule has 110 valence electrons. The minimum absolute atomic E-state index is 0.0212. The monoisotopic (exact) mass is 284 g/mol. The van der Waals surface area contributed by atoms with Crippen molar-refractivity contribution in [2.45, 2.75) is 43.7 Å². The maximum Gasteiger partial charge on any atom is 0.251 e. The number of rotatable bonds is 2. The molecule has 2 aliphatic rings. The van der Waals surface area contributed by atoms with Gasteiger partial charge in [-0.3, -0.25) is 9.89 Å². The van der Waals surface area contributed by atoms with Crippen molar-refractivity contribution in [3.63, 3.8) is 0 Å². The first-order chi connectivity index (χ1) is 10.2. The van der Waals surface area contributed by atoms with E-state index in [1.807, 2.05) is 18.2 Å². The average Bonchev–Trinajstić information content (AvgIpc) is 2.93. The quantitative estimate of drug-likeness (QED) is 0.789. The molecule has 1 aliphatic heterocycles. The highest BCUT2D eigenvalue weighted by atomic mass is 16.1. The summed E-state index contributed by atoms with van der Waals surface area (Å²) in [5.41, 5.74) is 1.92. The third-order valence-electron chi connectivity index (χ3n) is 4.98. The summed E-state index contributed by atoms with van der Waals surface area (Å²) in [6, 6.07) is 5.96. The second-order valence-corrected chi connectivity index (χ2v) is 6.40. The van der Waals surface area contributed by atoms with E-state index in [2.05, 4.69) is 20.8 Å². The number of nitrogens with one attached hydrogen (secondary N) is 3. The summed E-state index contributed by atoms with van der Waals surface area (Å²) in [5.74, 6) is 0.0212. The third kappa shape index (κ3) is 2.31. The van der Waals surface area contributed by atoms with E-state index >= 15 is 0 Å². The second kappa shape index (κ2) is 4.84. The molecule has 1 unspecified atom stereocenters. The second-order valence-electron chi connectivity index (χ2n) is 6.40. The van der Waals surface area contributed by atoms with Gasteiger partial charge in [-0.15, -0.1) is 0 Å². The molecule has 1 amide bonds. The highest BCUT2D eigenvalue weighted by Crippen LogP contribution is 2.38. The van der Waals surface area contributed by atoms with E-state index in [9.17, 15) is 4.79 Å². The molecule has 1 saturated carbocycles. The number of hydrogen-bond acceptors (Lipinski definition) is 3. The van der Waals surface area contributed by atoms with E-state index in [0.717, 1.165) is 30.3 Å². The SMILES string of the molecule is O=C(NC1CCNC2(CCC2)C1)c1ccc2cn[nH]c2c1. The van der Waals surface area contributed by atoms with Crippen LogP contribution in [0.2, 0.25) is 0 Å². The maximum atomic E-state index is 12.4. The van der Waals surface area contributed by atoms with Gasteiger partial charge < -0.3 is 10.6 Å². The van der Waals surface area contributed by atoms with Crippen molar-refractivity contribution >= 4 is 16.8 Å². The molecule has 1 atom stereocenters. The zero-order valence-corrected chi connectivity index (χ0v) is 12.0. The van der Waals surface area contributed by atoms with Gasteiger partial charge in [0.1, 0.15) is 0 Å². The number of aromatic amines is 1. The number of hydrogen-bond donors (Lipinski definition) is 3. The summed E-state index contributed by atoms with van der Waals surface area (Å²) >= 11 is 0. The minimum Gasteiger partial charge on any atom is -0.349 e. The number of benzene rings is 1. The van der Waals surface area contributed by atoms with Crippen LogP contribution in [0.3, 0.4) is 0 Å². The van der Waals surface area contributed by atoms with Crippen LogP contribution in [0.5, 0.6) is 0 Å². The lowest BCUT2D eigenvalue weighted by atomic mass is 9.70. The van der Waals surface area contributed by atoms with E-state index in [1.54, 1.807) is 6.20 Å². The summed E-state index contributed by atoms with van der Waals surface area (Å²) in [6.45, 7) is 1.00. The molecule has 2 heterocycles. The predicted molar refractivity (Wildman–Crippen MR) is 81.2 cm³/mol. The molecule has 2 aromatic rings. The van der Waals surface area contributed by atoms with Crippen molar-refractivity contribution in [2.75, 3.05) is 6.54 Å². The van der Waals surface area contributed by atoms with E-state index in [0.29, 0.717) is 11.1 Å². The molecular formula is C16H20N4O. The molecule has 1 aliphatic carbocycles. The lowest BCUT2D eigenvalue weighted by molar-refractivity contribution is 0.0853. The average molecular weight is 284 g/mol. The van der Waals surface area contributed by atoms with Gasteiger partial charge in [-0.1, -0.05) is 6.07 Å². The van der Waals surface area contributed by atoms with Crippen molar-refractivity contribution in [2.24, 2.45) is 0 Å². The smallest absolute Gasteiger partial charge is 0.251 e. The van der Waals surface area contributed by atoms with Gasteiger partial charge in [0.15, 0.2) is 0 Å². The molecule has 5 nitrogen and oxygen atoms in total. The summed E-state index contributed by atoms with van der Waals surface area (Å²) in [6.07, 6.45) is 7.65. The standard InChI is InChI=1S/C16H20N4O/c21-15(11-2-3-12-10-18-20-14(12)8-11)19-13-4-7-17-16(9-13)5-1-6-16/h2-3,8,10,13,17H,1,4-7,9H2,(H,18,20)(H,19,21). The van der Waals surface area contributed by atoms with Gasteiger partial charge in [0.2, 0.25) is 0 Å². The first-order valence-corrected chi connectivity index (χ1v) is 7.73. The van der Waals surface area contributed by atoms with Gasteiger partial charge in [0.05, 0.1) is 11.7 Å². The van der Waals surface area contributed by atoms with Crippen LogP contribution in [-0.4, -0.2) is 34.2 Å². The number of carbonyl (C=O) groups excluding carboxylic acids is 1. The molecular weight excluding hydrogens is 264 g/mol. The maximum absolute atomic E-state index is 12.4. The predicted octanol–water partition coefficient (Wildman–Crippen LogP) is 1.97. The highest BCUT2D eigenvalue weighted by Gasteiger charge is 2.41. The largest absolute Gasteiger partial charge is 0.349 e. The normalized spacial score (nSPS) is 23.9. The van der Waals surface area contributed by atoms with Crippen LogP contribution in [0.1, 0.15) is 42.5 Å². The van der Waals surface area contributed by atoms with Crippen molar-refractivity contribution in [3.05, 3.63) is 30.0 Å². The molecule has 1 spiro atoms. The fourth-order valence-electron chi connectivity index (χ4n) is 3.61. The Labute approximate surface area is 123 Å². The number of nitrogens with zero attached hydrogens (tertiary/aromatic N) is 1. The van der Waals surface area contributed by atoms with Crippen LogP contribution in [0.25, 0.3) is 10.9 Å². The van der Waals surface area contributed by atoms with Crippen LogP contribution >= 0.6 is 0 Å². The Balaban J connectivity index is 1.47. The van der Waals surface area contributed by atoms with E-state index < -0.39 is 0 Å². The van der Waals surface area contributed by atoms with Crippen molar-refractivity contribution < 1.29 is 4.79 Å². The molecule has 2 fully saturated rings. The summed E-state index contributed by atoms with van der Waals surface area (Å²) in [5, 5.41) is 14.8. The van der Waals surface area contributed by atoms with E-state index in [1.165, 1.54) is 19.3 Å². The first kappa shape index (κ1) is 12.8. The Kier molecular flexibility index (Phi) is 2.96. The number of amides is 1. The molecule has 5 heteroatoms. The topological polar surface area (TPSA) is 69.8 Å². The number of carbonyl (C=O) groups is 1. The number of fused-ring (bicyclic) bond motifs is 1. The van der Waals surface area contributed by atoms with Gasteiger partial charge in [-0.25, -0.2) is 0 Å². The van der Waals surface area contributed by atoms with Gasteiger partial charge >= 0.3 is 0 Å². The Morgan fingerprint density at radius 3 is 3.10 bits per heavy atom. The molecule has 1 aromatic carbocycles. The summed E-state index contributed by atoms with van der Waals surface area (Å²) < 4.78 is 0. The van der Waals surface area contributed by atoms with Crippen LogP contribution in [0.15, 0.2) is 24.4 Å². The van der Waals surface area contributed by atoms with Crippen molar-refractivity contribution in [1.82, 2.24) is 20.8 Å². The van der Waals surface area contributed by atoms with E-state index in [4.69, 9.17) is 0 Å². The Morgan fingerprint density at radius 1 is 1.38 bits per heavy atom. The number of aromatic nitrogens is 2. The van der Waals surface area contributed by atoms with Gasteiger partial charge in [-0.05, 0) is 50.8 Å².